The largest absolute Gasteiger partial charge is 0.126 e. The molecule has 0 aliphatic rings. The molecule has 0 aromatic rings. The van der Waals surface area contributed by atoms with Crippen molar-refractivity contribution in [1.29, 1.82) is 0 Å². The van der Waals surface area contributed by atoms with Gasteiger partial charge in [-0.15, -0.1) is 11.6 Å². The van der Waals surface area contributed by atoms with Crippen LogP contribution in [0.2, 0.25) is 0 Å². The lowest BCUT2D eigenvalue weighted by atomic mass is 9.82. The van der Waals surface area contributed by atoms with Crippen molar-refractivity contribution < 1.29 is 0 Å². The molecule has 1 unspecified atom stereocenters. The van der Waals surface area contributed by atoms with Crippen LogP contribution in [0.5, 0.6) is 0 Å². The van der Waals surface area contributed by atoms with E-state index in [2.05, 4.69) is 20.8 Å². The molecule has 0 aliphatic heterocycles. The minimum absolute atomic E-state index is 0.404. The average Bonchev–Trinajstić information content (AvgIpc) is 2.24. The van der Waals surface area contributed by atoms with Gasteiger partial charge in [0.25, 0.3) is 0 Å². The van der Waals surface area contributed by atoms with Crippen LogP contribution in [0.25, 0.3) is 0 Å². The Balaban J connectivity index is 3.46. The standard InChI is InChI=1S/C14H29Cl/c1-4-6-7-8-9-10-12-14(3,13-15)11-5-2/h4-13H2,1-3H3. The highest BCUT2D eigenvalue weighted by atomic mass is 35.5. The van der Waals surface area contributed by atoms with Crippen LogP contribution in [0.4, 0.5) is 0 Å². The lowest BCUT2D eigenvalue weighted by molar-refractivity contribution is 0.296. The molecule has 0 N–H and O–H groups in total. The topological polar surface area (TPSA) is 0 Å². The maximum atomic E-state index is 6.05. The van der Waals surface area contributed by atoms with Crippen LogP contribution in [0.1, 0.15) is 78.6 Å². The van der Waals surface area contributed by atoms with Gasteiger partial charge in [0.2, 0.25) is 0 Å². The van der Waals surface area contributed by atoms with E-state index in [1.54, 1.807) is 0 Å². The van der Waals surface area contributed by atoms with Gasteiger partial charge in [-0.1, -0.05) is 65.7 Å². The van der Waals surface area contributed by atoms with Gasteiger partial charge in [0.15, 0.2) is 0 Å². The lowest BCUT2D eigenvalue weighted by Gasteiger charge is -2.26. The van der Waals surface area contributed by atoms with Crippen molar-refractivity contribution in [1.82, 2.24) is 0 Å². The molecular weight excluding hydrogens is 204 g/mol. The highest BCUT2D eigenvalue weighted by molar-refractivity contribution is 6.18. The molecule has 0 nitrogen and oxygen atoms in total. The van der Waals surface area contributed by atoms with Gasteiger partial charge in [-0.25, -0.2) is 0 Å². The number of rotatable bonds is 10. The molecule has 0 aromatic carbocycles. The third kappa shape index (κ3) is 8.13. The van der Waals surface area contributed by atoms with Crippen molar-refractivity contribution in [3.05, 3.63) is 0 Å². The summed E-state index contributed by atoms with van der Waals surface area (Å²) in [6, 6.07) is 0. The smallest absolute Gasteiger partial charge is 0.0277 e. The maximum Gasteiger partial charge on any atom is 0.0277 e. The van der Waals surface area contributed by atoms with Gasteiger partial charge in [-0.2, -0.15) is 0 Å². The highest BCUT2D eigenvalue weighted by Gasteiger charge is 2.20. The van der Waals surface area contributed by atoms with Gasteiger partial charge in [0, 0.05) is 5.88 Å². The minimum Gasteiger partial charge on any atom is -0.126 e. The highest BCUT2D eigenvalue weighted by Crippen LogP contribution is 2.31. The van der Waals surface area contributed by atoms with Gasteiger partial charge in [-0.05, 0) is 18.3 Å². The van der Waals surface area contributed by atoms with E-state index in [4.69, 9.17) is 11.6 Å². The van der Waals surface area contributed by atoms with E-state index in [9.17, 15) is 0 Å². The van der Waals surface area contributed by atoms with Crippen molar-refractivity contribution >= 4 is 11.6 Å². The Morgan fingerprint density at radius 3 is 1.93 bits per heavy atom. The van der Waals surface area contributed by atoms with E-state index < -0.39 is 0 Å². The first kappa shape index (κ1) is 15.3. The first-order chi connectivity index (χ1) is 7.18. The van der Waals surface area contributed by atoms with Crippen LogP contribution in [0.15, 0.2) is 0 Å². The van der Waals surface area contributed by atoms with E-state index in [0.717, 1.165) is 5.88 Å². The normalized spacial score (nSPS) is 15.2. The monoisotopic (exact) mass is 232 g/mol. The molecule has 0 aliphatic carbocycles. The second-order valence-electron chi connectivity index (χ2n) is 5.21. The number of unbranched alkanes of at least 4 members (excludes halogenated alkanes) is 5. The molecule has 0 radical (unpaired) electrons. The zero-order valence-electron chi connectivity index (χ0n) is 10.9. The molecule has 0 saturated heterocycles. The third-order valence-electron chi connectivity index (χ3n) is 3.31. The summed E-state index contributed by atoms with van der Waals surface area (Å²) in [5.41, 5.74) is 0.404. The van der Waals surface area contributed by atoms with Crippen molar-refractivity contribution in [2.45, 2.75) is 78.6 Å². The first-order valence-corrected chi connectivity index (χ1v) is 7.28. The van der Waals surface area contributed by atoms with Crippen LogP contribution in [-0.2, 0) is 0 Å². The summed E-state index contributed by atoms with van der Waals surface area (Å²) >= 11 is 6.05. The summed E-state index contributed by atoms with van der Waals surface area (Å²) in [5.74, 6) is 0.829. The van der Waals surface area contributed by atoms with Crippen LogP contribution in [0.3, 0.4) is 0 Å². The van der Waals surface area contributed by atoms with Crippen LogP contribution in [-0.4, -0.2) is 5.88 Å². The van der Waals surface area contributed by atoms with Crippen molar-refractivity contribution in [2.24, 2.45) is 5.41 Å². The molecule has 15 heavy (non-hydrogen) atoms. The summed E-state index contributed by atoms with van der Waals surface area (Å²) in [4.78, 5) is 0. The van der Waals surface area contributed by atoms with Crippen LogP contribution >= 0.6 is 11.6 Å². The molecule has 1 heteroatoms. The molecule has 92 valence electrons. The number of hydrogen-bond acceptors (Lipinski definition) is 0. The number of hydrogen-bond donors (Lipinski definition) is 0. The summed E-state index contributed by atoms with van der Waals surface area (Å²) in [6.07, 6.45) is 12.2. The Morgan fingerprint density at radius 1 is 0.800 bits per heavy atom. The Kier molecular flexibility index (Phi) is 9.70. The van der Waals surface area contributed by atoms with Crippen molar-refractivity contribution in [3.63, 3.8) is 0 Å². The van der Waals surface area contributed by atoms with E-state index >= 15 is 0 Å². The summed E-state index contributed by atoms with van der Waals surface area (Å²) in [5, 5.41) is 0. The van der Waals surface area contributed by atoms with Gasteiger partial charge in [0.1, 0.15) is 0 Å². The molecular formula is C14H29Cl. The zero-order chi connectivity index (χ0) is 11.6. The van der Waals surface area contributed by atoms with Gasteiger partial charge >= 0.3 is 0 Å². The predicted octanol–water partition coefficient (Wildman–Crippen LogP) is 5.78. The molecule has 0 heterocycles. The SMILES string of the molecule is CCCCCCCCC(C)(CCl)CCC. The molecule has 0 fully saturated rings. The summed E-state index contributed by atoms with van der Waals surface area (Å²) in [6.45, 7) is 6.87. The average molecular weight is 233 g/mol. The fourth-order valence-electron chi connectivity index (χ4n) is 2.19. The molecule has 0 amide bonds. The maximum absolute atomic E-state index is 6.05. The van der Waals surface area contributed by atoms with Gasteiger partial charge in [0.05, 0.1) is 0 Å². The lowest BCUT2D eigenvalue weighted by Crippen LogP contribution is -2.18. The molecule has 0 aromatic heterocycles. The Morgan fingerprint density at radius 2 is 1.40 bits per heavy atom. The van der Waals surface area contributed by atoms with Crippen LogP contribution < -0.4 is 0 Å². The molecule has 0 spiro atoms. The Hall–Kier alpha value is 0.290. The predicted molar refractivity (Wildman–Crippen MR) is 71.7 cm³/mol. The quantitative estimate of drug-likeness (QED) is 0.331. The van der Waals surface area contributed by atoms with Crippen molar-refractivity contribution in [3.8, 4) is 0 Å². The van der Waals surface area contributed by atoms with E-state index in [0.29, 0.717) is 5.41 Å². The molecule has 0 saturated carbocycles. The number of halogens is 1. The minimum atomic E-state index is 0.404. The Bertz CT molecular complexity index is 133. The zero-order valence-corrected chi connectivity index (χ0v) is 11.7. The second kappa shape index (κ2) is 9.51. The molecule has 0 rings (SSSR count). The van der Waals surface area contributed by atoms with Crippen molar-refractivity contribution in [2.75, 3.05) is 5.88 Å². The summed E-state index contributed by atoms with van der Waals surface area (Å²) in [7, 11) is 0. The number of alkyl halides is 1. The Labute approximate surface area is 102 Å². The molecule has 1 atom stereocenters. The van der Waals surface area contributed by atoms with Gasteiger partial charge < -0.3 is 0 Å². The second-order valence-corrected chi connectivity index (χ2v) is 5.48. The van der Waals surface area contributed by atoms with E-state index in [-0.39, 0.29) is 0 Å². The van der Waals surface area contributed by atoms with E-state index in [1.807, 2.05) is 0 Å². The first-order valence-electron chi connectivity index (χ1n) is 6.74. The third-order valence-corrected chi connectivity index (χ3v) is 3.96. The summed E-state index contributed by atoms with van der Waals surface area (Å²) < 4.78 is 0. The van der Waals surface area contributed by atoms with E-state index in [1.165, 1.54) is 57.8 Å². The fraction of sp³-hybridized carbons (Fsp3) is 1.00. The fourth-order valence-corrected chi connectivity index (χ4v) is 2.46. The van der Waals surface area contributed by atoms with Gasteiger partial charge in [-0.3, -0.25) is 0 Å². The van der Waals surface area contributed by atoms with Crippen LogP contribution in [0, 0.1) is 5.41 Å². The molecule has 0 bridgehead atoms.